The molecule has 1 nitrogen and oxygen atoms in total. The smallest absolute Gasteiger partial charge is 0.143 e. The molecule has 0 aliphatic rings. The molecule has 0 bridgehead atoms. The summed E-state index contributed by atoms with van der Waals surface area (Å²) in [6.45, 7) is 0. The van der Waals surface area contributed by atoms with Gasteiger partial charge in [-0.25, -0.2) is 0 Å². The van der Waals surface area contributed by atoms with Crippen LogP contribution >= 0.6 is 0 Å². The van der Waals surface area contributed by atoms with Gasteiger partial charge in [-0.15, -0.1) is 0 Å². The summed E-state index contributed by atoms with van der Waals surface area (Å²) in [5.41, 5.74) is 2.59. The molecule has 182 valence electrons. The highest BCUT2D eigenvalue weighted by Gasteiger charge is 2.19. The van der Waals surface area contributed by atoms with E-state index in [1.165, 1.54) is 0 Å². The zero-order valence-corrected chi connectivity index (χ0v) is 20.4. The molecule has 0 saturated heterocycles. The lowest BCUT2D eigenvalue weighted by Gasteiger charge is -2.18. The molecule has 1 heteroatoms. The van der Waals surface area contributed by atoms with Crippen molar-refractivity contribution in [3.63, 3.8) is 0 Å². The van der Waals surface area contributed by atoms with Crippen LogP contribution in [0.4, 0.5) is 0 Å². The fraction of sp³-hybridized carbons (Fsp3) is 0. The number of hydrogen-bond acceptors (Lipinski definition) is 1. The molecule has 0 atom stereocenters. The van der Waals surface area contributed by atoms with Gasteiger partial charge >= 0.3 is 0 Å². The maximum absolute atomic E-state index is 9.24. The van der Waals surface area contributed by atoms with Crippen molar-refractivity contribution in [1.82, 2.24) is 0 Å². The number of rotatable bonds is 3. The summed E-state index contributed by atoms with van der Waals surface area (Å²) in [6, 6.07) is 18.3. The van der Waals surface area contributed by atoms with E-state index in [1.54, 1.807) is 36.4 Å². The van der Waals surface area contributed by atoms with Crippen molar-refractivity contribution in [1.29, 1.82) is 0 Å². The van der Waals surface area contributed by atoms with Crippen LogP contribution in [0, 0.1) is 0 Å². The summed E-state index contributed by atoms with van der Waals surface area (Å²) in [7, 11) is 0. The molecule has 8 aromatic rings. The first-order valence-electron chi connectivity index (χ1n) is 18.0. The van der Waals surface area contributed by atoms with Crippen molar-refractivity contribution in [2.24, 2.45) is 0 Å². The average Bonchev–Trinajstić information content (AvgIpc) is 3.52. The molecular formula is C38H24O. The summed E-state index contributed by atoms with van der Waals surface area (Å²) < 4.78 is 105. The van der Waals surface area contributed by atoms with Gasteiger partial charge in [-0.2, -0.15) is 0 Å². The maximum Gasteiger partial charge on any atom is 0.143 e. The SMILES string of the molecule is [2H]c1c([2H])c([2H])c2c(oc3ccccc32)c1-c1c2c([2H])c([2H])c([2H])c([2H])c2c(-c2ccc(-c3ccccc3)cc2)c2c([2H])c([2H])c([2H])c([2H])c12. The Morgan fingerprint density at radius 2 is 0.949 bits per heavy atom. The molecule has 8 rings (SSSR count). The predicted octanol–water partition coefficient (Wildman–Crippen LogP) is 10.9. The molecule has 0 unspecified atom stereocenters. The minimum atomic E-state index is -0.579. The van der Waals surface area contributed by atoms with E-state index in [0.29, 0.717) is 16.5 Å². The topological polar surface area (TPSA) is 13.1 Å². The van der Waals surface area contributed by atoms with E-state index in [0.717, 1.165) is 11.1 Å². The molecule has 0 spiro atoms. The first kappa shape index (κ1) is 13.6. The normalized spacial score (nSPS) is 15.5. The highest BCUT2D eigenvalue weighted by Crippen LogP contribution is 2.46. The third-order valence-electron chi connectivity index (χ3n) is 7.10. The monoisotopic (exact) mass is 507 g/mol. The van der Waals surface area contributed by atoms with E-state index in [1.807, 2.05) is 42.5 Å². The lowest BCUT2D eigenvalue weighted by atomic mass is 9.85. The molecule has 1 heterocycles. The standard InChI is InChI=1S/C38H24O/c1-2-11-25(12-3-1)26-21-23-27(24-22-26)36-29-14-4-6-16-31(29)37(32-17-7-5-15-30(32)36)34-19-10-18-33-28-13-8-9-20-35(28)39-38(33)34/h1-24H/i4D,5D,6D,7D,10D,14D,15D,16D,17D,18D,19D. The van der Waals surface area contributed by atoms with Gasteiger partial charge in [0.05, 0.1) is 15.1 Å². The number of hydrogen-bond donors (Lipinski definition) is 0. The van der Waals surface area contributed by atoms with Crippen LogP contribution in [0.1, 0.15) is 15.1 Å². The second-order valence-corrected chi connectivity index (χ2v) is 9.25. The number of para-hydroxylation sites is 2. The highest BCUT2D eigenvalue weighted by molar-refractivity contribution is 6.24. The summed E-state index contributed by atoms with van der Waals surface area (Å²) in [5, 5.41) is 0.489. The van der Waals surface area contributed by atoms with Gasteiger partial charge in [0.25, 0.3) is 0 Å². The summed E-state index contributed by atoms with van der Waals surface area (Å²) >= 11 is 0. The molecule has 0 radical (unpaired) electrons. The Morgan fingerprint density at radius 3 is 1.64 bits per heavy atom. The van der Waals surface area contributed by atoms with Crippen LogP contribution in [-0.4, -0.2) is 0 Å². The maximum atomic E-state index is 9.24. The van der Waals surface area contributed by atoms with Crippen molar-refractivity contribution >= 4 is 43.5 Å². The Kier molecular flexibility index (Phi) is 3.04. The van der Waals surface area contributed by atoms with Crippen LogP contribution in [0.25, 0.3) is 76.9 Å². The quantitative estimate of drug-likeness (QED) is 0.217. The van der Waals surface area contributed by atoms with Crippen LogP contribution in [0.15, 0.2) is 150 Å². The van der Waals surface area contributed by atoms with E-state index in [-0.39, 0.29) is 55.2 Å². The van der Waals surface area contributed by atoms with Gasteiger partial charge in [-0.1, -0.05) is 139 Å². The second-order valence-electron chi connectivity index (χ2n) is 9.25. The number of benzene rings is 7. The van der Waals surface area contributed by atoms with E-state index < -0.39 is 60.4 Å². The van der Waals surface area contributed by atoms with Crippen molar-refractivity contribution in [3.8, 4) is 33.4 Å². The van der Waals surface area contributed by atoms with Gasteiger partial charge in [0.15, 0.2) is 0 Å². The van der Waals surface area contributed by atoms with Gasteiger partial charge in [0, 0.05) is 21.9 Å². The van der Waals surface area contributed by atoms with E-state index in [2.05, 4.69) is 0 Å². The molecular weight excluding hydrogens is 472 g/mol. The molecule has 0 N–H and O–H groups in total. The first-order chi connectivity index (χ1) is 23.9. The Hall–Kier alpha value is -5.14. The van der Waals surface area contributed by atoms with Crippen LogP contribution < -0.4 is 0 Å². The van der Waals surface area contributed by atoms with Crippen LogP contribution in [-0.2, 0) is 0 Å². The minimum Gasteiger partial charge on any atom is -0.455 e. The van der Waals surface area contributed by atoms with Crippen molar-refractivity contribution in [2.45, 2.75) is 0 Å². The van der Waals surface area contributed by atoms with Gasteiger partial charge in [-0.3, -0.25) is 0 Å². The van der Waals surface area contributed by atoms with Gasteiger partial charge < -0.3 is 4.42 Å². The molecule has 0 aliphatic carbocycles. The van der Waals surface area contributed by atoms with E-state index in [9.17, 15) is 6.85 Å². The summed E-state index contributed by atoms with van der Waals surface area (Å²) in [6.07, 6.45) is 0. The predicted molar refractivity (Wildman–Crippen MR) is 165 cm³/mol. The van der Waals surface area contributed by atoms with Crippen LogP contribution in [0.2, 0.25) is 0 Å². The zero-order valence-electron chi connectivity index (χ0n) is 31.4. The largest absolute Gasteiger partial charge is 0.455 e. The van der Waals surface area contributed by atoms with E-state index >= 15 is 0 Å². The zero-order chi connectivity index (χ0) is 35.3. The fourth-order valence-corrected chi connectivity index (χ4v) is 5.36. The molecule has 0 fully saturated rings. The Labute approximate surface area is 242 Å². The average molecular weight is 508 g/mol. The second kappa shape index (κ2) is 8.72. The van der Waals surface area contributed by atoms with Crippen LogP contribution in [0.3, 0.4) is 0 Å². The molecule has 39 heavy (non-hydrogen) atoms. The first-order valence-corrected chi connectivity index (χ1v) is 12.5. The lowest BCUT2D eigenvalue weighted by Crippen LogP contribution is -1.91. The molecule has 1 aromatic heterocycles. The number of furan rings is 1. The van der Waals surface area contributed by atoms with Crippen LogP contribution in [0.5, 0.6) is 0 Å². The molecule has 0 aliphatic heterocycles. The highest BCUT2D eigenvalue weighted by atomic mass is 16.3. The molecule has 0 saturated carbocycles. The van der Waals surface area contributed by atoms with Gasteiger partial charge in [0.1, 0.15) is 11.2 Å². The van der Waals surface area contributed by atoms with Gasteiger partial charge in [0.2, 0.25) is 0 Å². The fourth-order valence-electron chi connectivity index (χ4n) is 5.36. The van der Waals surface area contributed by atoms with Crippen molar-refractivity contribution in [3.05, 3.63) is 145 Å². The third kappa shape index (κ3) is 3.41. The summed E-state index contributed by atoms with van der Waals surface area (Å²) in [4.78, 5) is 0. The number of fused-ring (bicyclic) bond motifs is 5. The molecule has 0 amide bonds. The minimum absolute atomic E-state index is 0.000383. The van der Waals surface area contributed by atoms with Crippen molar-refractivity contribution < 1.29 is 19.5 Å². The Morgan fingerprint density at radius 1 is 0.410 bits per heavy atom. The Balaban J connectivity index is 1.66. The molecule has 7 aromatic carbocycles. The van der Waals surface area contributed by atoms with E-state index in [4.69, 9.17) is 12.6 Å². The lowest BCUT2D eigenvalue weighted by molar-refractivity contribution is 0.670. The Bertz CT molecular complexity index is 2670. The van der Waals surface area contributed by atoms with Crippen molar-refractivity contribution in [2.75, 3.05) is 0 Å². The van der Waals surface area contributed by atoms with Gasteiger partial charge in [-0.05, 0) is 49.9 Å². The summed E-state index contributed by atoms with van der Waals surface area (Å²) in [5.74, 6) is 0. The third-order valence-corrected chi connectivity index (χ3v) is 7.10.